The van der Waals surface area contributed by atoms with E-state index in [4.69, 9.17) is 0 Å². The Morgan fingerprint density at radius 3 is 2.30 bits per heavy atom. The van der Waals surface area contributed by atoms with Gasteiger partial charge in [-0.2, -0.15) is 0 Å². The Morgan fingerprint density at radius 1 is 1.04 bits per heavy atom. The molecule has 4 rings (SSSR count). The second-order valence-electron chi connectivity index (χ2n) is 16.4. The first-order valence-electron chi connectivity index (χ1n) is 18.2. The van der Waals surface area contributed by atoms with Crippen molar-refractivity contribution >= 4 is 46.7 Å². The number of unbranched alkanes of at least 4 members (excludes halogenated alkanes) is 1. The number of likely N-dealkylation sites (tertiary alicyclic amines) is 1. The number of carbonyl (C=O) groups excluding carboxylic acids is 6. The number of carbonyl (C=O) groups is 6. The van der Waals surface area contributed by atoms with Gasteiger partial charge >= 0.3 is 0 Å². The maximum Gasteiger partial charge on any atom is 0.289 e. The Labute approximate surface area is 301 Å². The van der Waals surface area contributed by atoms with E-state index in [1.807, 2.05) is 40.0 Å². The molecule has 1 aromatic rings. The van der Waals surface area contributed by atoms with Crippen LogP contribution < -0.4 is 21.3 Å². The quantitative estimate of drug-likeness (QED) is 0.157. The van der Waals surface area contributed by atoms with Crippen molar-refractivity contribution in [1.82, 2.24) is 26.2 Å². The Hall–Kier alpha value is -3.54. The minimum atomic E-state index is -1.04. The van der Waals surface area contributed by atoms with E-state index in [0.717, 1.165) is 38.5 Å². The topological polar surface area (TPSA) is 154 Å². The van der Waals surface area contributed by atoms with Crippen molar-refractivity contribution in [2.75, 3.05) is 13.1 Å². The highest BCUT2D eigenvalue weighted by atomic mass is 32.1. The highest BCUT2D eigenvalue weighted by Gasteiger charge is 2.70. The molecule has 3 aliphatic rings. The maximum atomic E-state index is 14.6. The maximum absolute atomic E-state index is 14.6. The third-order valence-corrected chi connectivity index (χ3v) is 12.1. The number of hydrogen-bond acceptors (Lipinski definition) is 7. The molecule has 4 N–H and O–H groups in total. The van der Waals surface area contributed by atoms with E-state index in [-0.39, 0.29) is 35.6 Å². The van der Waals surface area contributed by atoms with E-state index in [1.54, 1.807) is 17.0 Å². The summed E-state index contributed by atoms with van der Waals surface area (Å²) in [6.45, 7) is 17.8. The highest BCUT2D eigenvalue weighted by molar-refractivity contribution is 7.12. The molecule has 1 aromatic heterocycles. The van der Waals surface area contributed by atoms with Crippen LogP contribution in [-0.2, 0) is 24.0 Å². The monoisotopic (exact) mass is 711 g/mol. The lowest BCUT2D eigenvalue weighted by atomic mass is 9.70. The van der Waals surface area contributed by atoms with Crippen molar-refractivity contribution in [2.24, 2.45) is 28.1 Å². The number of piperidine rings is 1. The van der Waals surface area contributed by atoms with Crippen molar-refractivity contribution in [2.45, 2.75) is 124 Å². The zero-order chi connectivity index (χ0) is 37.0. The van der Waals surface area contributed by atoms with Gasteiger partial charge in [-0.3, -0.25) is 28.8 Å². The summed E-state index contributed by atoms with van der Waals surface area (Å²) in [4.78, 5) is 84.2. The van der Waals surface area contributed by atoms with Gasteiger partial charge in [0.05, 0.1) is 10.9 Å². The lowest BCUT2D eigenvalue weighted by Crippen LogP contribution is -2.64. The van der Waals surface area contributed by atoms with Gasteiger partial charge in [0.2, 0.25) is 23.5 Å². The molecule has 1 aliphatic heterocycles. The SMILES string of the molecule is C=CCNC(=O)C(=O)C(CCCC)NC(=O)[C@@H]1[C@@H]2[C@H](CN1C(=O)[C@@H](NC(=O)[C@@H](NC(=O)c1cccs1)C1(C)CCCCC1)C(C)(C)C)C2(C)C. The molecule has 3 fully saturated rings. The molecule has 11 nitrogen and oxygen atoms in total. The van der Waals surface area contributed by atoms with Gasteiger partial charge in [-0.05, 0) is 58.8 Å². The molecule has 1 unspecified atom stereocenters. The molecular weight excluding hydrogens is 655 g/mol. The summed E-state index contributed by atoms with van der Waals surface area (Å²) in [5.74, 6) is -3.20. The molecule has 0 aromatic carbocycles. The van der Waals surface area contributed by atoms with E-state index >= 15 is 0 Å². The van der Waals surface area contributed by atoms with Gasteiger partial charge < -0.3 is 26.2 Å². The van der Waals surface area contributed by atoms with E-state index in [0.29, 0.717) is 24.3 Å². The van der Waals surface area contributed by atoms with Gasteiger partial charge in [-0.1, -0.05) is 92.7 Å². The second-order valence-corrected chi connectivity index (χ2v) is 17.3. The first-order chi connectivity index (χ1) is 23.5. The molecule has 50 heavy (non-hydrogen) atoms. The number of nitrogens with one attached hydrogen (secondary N) is 4. The van der Waals surface area contributed by atoms with Crippen LogP contribution in [0, 0.1) is 28.1 Å². The van der Waals surface area contributed by atoms with Crippen molar-refractivity contribution in [3.8, 4) is 0 Å². The molecule has 2 aliphatic carbocycles. The number of fused-ring (bicyclic) bond motifs is 1. The lowest BCUT2D eigenvalue weighted by molar-refractivity contribution is -0.147. The van der Waals surface area contributed by atoms with Crippen LogP contribution in [0.2, 0.25) is 0 Å². The standard InChI is InChI=1S/C38H57N5O6S/c1-9-11-16-24(28(44)33(47)39-20-10-2)40-32(46)27-26-23(37(26,6)7)22-43(27)35(49)30(36(3,4)5)42-34(48)29(38(8)18-13-12-14-19-38)41-31(45)25-17-15-21-50-25/h10,15,17,21,23-24,26-27,29-30H,2,9,11-14,16,18-20,22H2,1,3-8H3,(H,39,47)(H,40,46)(H,41,45)(H,42,48)/t23-,24?,26-,27-,29+,30+/m0/s1. The van der Waals surface area contributed by atoms with Gasteiger partial charge in [0, 0.05) is 13.1 Å². The molecule has 0 spiro atoms. The average Bonchev–Trinajstić information content (AvgIpc) is 3.52. The number of Topliss-reactive ketones (excluding diaryl/α,β-unsaturated/α-hetero) is 1. The zero-order valence-electron chi connectivity index (χ0n) is 30.9. The van der Waals surface area contributed by atoms with E-state index in [1.165, 1.54) is 17.4 Å². The minimum Gasteiger partial charge on any atom is -0.346 e. The number of thiophene rings is 1. The fraction of sp³-hybridized carbons (Fsp3) is 0.684. The van der Waals surface area contributed by atoms with E-state index in [2.05, 4.69) is 41.7 Å². The number of amides is 5. The predicted molar refractivity (Wildman–Crippen MR) is 194 cm³/mol. The van der Waals surface area contributed by atoms with Crippen LogP contribution >= 0.6 is 11.3 Å². The molecular formula is C38H57N5O6S. The highest BCUT2D eigenvalue weighted by Crippen LogP contribution is 2.65. The summed E-state index contributed by atoms with van der Waals surface area (Å²) in [5.41, 5.74) is -1.44. The summed E-state index contributed by atoms with van der Waals surface area (Å²) >= 11 is 1.30. The number of hydrogen-bond donors (Lipinski definition) is 4. The van der Waals surface area contributed by atoms with Crippen LogP contribution in [0.4, 0.5) is 0 Å². The van der Waals surface area contributed by atoms with Crippen molar-refractivity contribution < 1.29 is 28.8 Å². The summed E-state index contributed by atoms with van der Waals surface area (Å²) in [7, 11) is 0. The van der Waals surface area contributed by atoms with Crippen LogP contribution in [0.3, 0.4) is 0 Å². The fourth-order valence-electron chi connectivity index (χ4n) is 8.01. The Morgan fingerprint density at radius 2 is 1.72 bits per heavy atom. The van der Waals surface area contributed by atoms with Crippen molar-refractivity contribution in [1.29, 1.82) is 0 Å². The van der Waals surface area contributed by atoms with E-state index in [9.17, 15) is 28.8 Å². The van der Waals surface area contributed by atoms with Gasteiger partial charge in [0.15, 0.2) is 0 Å². The smallest absolute Gasteiger partial charge is 0.289 e. The van der Waals surface area contributed by atoms with Crippen LogP contribution in [0.15, 0.2) is 30.2 Å². The summed E-state index contributed by atoms with van der Waals surface area (Å²) < 4.78 is 0. The number of rotatable bonds is 15. The molecule has 6 atom stereocenters. The molecule has 2 saturated carbocycles. The zero-order valence-corrected chi connectivity index (χ0v) is 31.7. The van der Waals surface area contributed by atoms with Crippen LogP contribution in [0.25, 0.3) is 0 Å². The third kappa shape index (κ3) is 8.49. The summed E-state index contributed by atoms with van der Waals surface area (Å²) in [6, 6.07) is -0.257. The molecule has 0 bridgehead atoms. The van der Waals surface area contributed by atoms with Crippen LogP contribution in [-0.4, -0.2) is 77.5 Å². The Bertz CT molecular complexity index is 1440. The van der Waals surface area contributed by atoms with E-state index < -0.39 is 58.5 Å². The van der Waals surface area contributed by atoms with Crippen molar-refractivity contribution in [3.05, 3.63) is 35.0 Å². The molecule has 5 amide bonds. The molecule has 2 heterocycles. The third-order valence-electron chi connectivity index (χ3n) is 11.2. The number of ketones is 1. The van der Waals surface area contributed by atoms with Gasteiger partial charge in [-0.15, -0.1) is 17.9 Å². The Kier molecular flexibility index (Phi) is 12.4. The van der Waals surface area contributed by atoms with Crippen molar-refractivity contribution in [3.63, 3.8) is 0 Å². The average molecular weight is 712 g/mol. The second kappa shape index (κ2) is 15.8. The normalized spacial score (nSPS) is 23.7. The van der Waals surface area contributed by atoms with Gasteiger partial charge in [0.25, 0.3) is 11.8 Å². The summed E-state index contributed by atoms with van der Waals surface area (Å²) in [5, 5.41) is 13.2. The van der Waals surface area contributed by atoms with Gasteiger partial charge in [0.1, 0.15) is 18.1 Å². The molecule has 1 saturated heterocycles. The van der Waals surface area contributed by atoms with Crippen LogP contribution in [0.1, 0.15) is 110 Å². The first kappa shape index (κ1) is 39.2. The Balaban J connectivity index is 1.60. The largest absolute Gasteiger partial charge is 0.346 e. The molecule has 0 radical (unpaired) electrons. The molecule has 12 heteroatoms. The minimum absolute atomic E-state index is 0.0678. The first-order valence-corrected chi connectivity index (χ1v) is 19.0. The summed E-state index contributed by atoms with van der Waals surface area (Å²) in [6.07, 6.45) is 7.63. The van der Waals surface area contributed by atoms with Crippen LogP contribution in [0.5, 0.6) is 0 Å². The number of nitrogens with zero attached hydrogens (tertiary/aromatic N) is 1. The predicted octanol–water partition coefficient (Wildman–Crippen LogP) is 4.38. The van der Waals surface area contributed by atoms with Gasteiger partial charge in [-0.25, -0.2) is 0 Å². The molecule has 276 valence electrons. The lowest BCUT2D eigenvalue weighted by Gasteiger charge is -2.42. The fourth-order valence-corrected chi connectivity index (χ4v) is 8.64.